The van der Waals surface area contributed by atoms with Gasteiger partial charge in [-0.25, -0.2) is 4.99 Å². The molecule has 1 unspecified atom stereocenters. The van der Waals surface area contributed by atoms with Gasteiger partial charge < -0.3 is 15.0 Å². The number of carbonyl (C=O) groups excluding carboxylic acids is 2. The van der Waals surface area contributed by atoms with Gasteiger partial charge in [-0.1, -0.05) is 51.7 Å². The molecule has 1 aromatic carbocycles. The van der Waals surface area contributed by atoms with Crippen molar-refractivity contribution in [3.8, 4) is 6.07 Å². The van der Waals surface area contributed by atoms with Gasteiger partial charge in [0, 0.05) is 31.5 Å². The fraction of sp³-hybridized carbons (Fsp3) is 0.556. The van der Waals surface area contributed by atoms with Gasteiger partial charge in [-0.3, -0.25) is 9.59 Å². The van der Waals surface area contributed by atoms with Crippen LogP contribution in [0.4, 0.5) is 5.69 Å². The number of hydrogen-bond acceptors (Lipinski definition) is 6. The van der Waals surface area contributed by atoms with E-state index in [4.69, 9.17) is 4.74 Å². The van der Waals surface area contributed by atoms with E-state index in [0.29, 0.717) is 24.4 Å². The monoisotopic (exact) mass is 494 g/mol. The van der Waals surface area contributed by atoms with Gasteiger partial charge in [0.05, 0.1) is 12.6 Å². The van der Waals surface area contributed by atoms with Crippen molar-refractivity contribution in [2.75, 3.05) is 25.2 Å². The van der Waals surface area contributed by atoms with Gasteiger partial charge in [0.25, 0.3) is 5.91 Å². The van der Waals surface area contributed by atoms with Crippen LogP contribution in [0.5, 0.6) is 0 Å². The van der Waals surface area contributed by atoms with E-state index >= 15 is 0 Å². The van der Waals surface area contributed by atoms with Crippen molar-refractivity contribution >= 4 is 36.9 Å². The second kappa shape index (κ2) is 10.9. The molecule has 0 bridgehead atoms. The molecule has 0 saturated carbocycles. The van der Waals surface area contributed by atoms with E-state index in [1.54, 1.807) is 11.0 Å². The summed E-state index contributed by atoms with van der Waals surface area (Å²) in [6.45, 7) is 14.0. The maximum absolute atomic E-state index is 13.4. The van der Waals surface area contributed by atoms with Gasteiger partial charge in [0.1, 0.15) is 6.73 Å². The van der Waals surface area contributed by atoms with Crippen LogP contribution in [0.15, 0.2) is 29.3 Å². The molecule has 8 heteroatoms. The molecule has 0 spiro atoms. The number of ether oxygens (including phenoxy) is 1. The second-order valence-corrected chi connectivity index (χ2v) is 17.2. The quantitative estimate of drug-likeness (QED) is 0.284. The smallest absolute Gasteiger partial charge is 0.291 e. The van der Waals surface area contributed by atoms with Crippen LogP contribution in [0, 0.1) is 16.7 Å². The Hall–Kier alpha value is -2.76. The average molecular weight is 495 g/mol. The first kappa shape index (κ1) is 26.8. The zero-order valence-corrected chi connectivity index (χ0v) is 22.9. The highest BCUT2D eigenvalue weighted by Crippen LogP contribution is 2.40. The number of benzene rings is 1. The zero-order chi connectivity index (χ0) is 25.8. The fourth-order valence-electron chi connectivity index (χ4n) is 4.15. The third-order valence-electron chi connectivity index (χ3n) is 6.56. The lowest BCUT2D eigenvalue weighted by Crippen LogP contribution is -2.39. The molecule has 1 atom stereocenters. The average Bonchev–Trinajstić information content (AvgIpc) is 3.20. The van der Waals surface area contributed by atoms with Crippen LogP contribution >= 0.6 is 0 Å². The van der Waals surface area contributed by atoms with Crippen LogP contribution in [-0.2, 0) is 9.53 Å². The first-order valence-electron chi connectivity index (χ1n) is 12.3. The Morgan fingerprint density at radius 1 is 1.31 bits per heavy atom. The number of ketones is 1. The van der Waals surface area contributed by atoms with Crippen molar-refractivity contribution in [3.63, 3.8) is 0 Å². The summed E-state index contributed by atoms with van der Waals surface area (Å²) in [6, 6.07) is 8.02. The Balaban J connectivity index is 1.81. The van der Waals surface area contributed by atoms with Crippen LogP contribution in [0.25, 0.3) is 5.57 Å². The van der Waals surface area contributed by atoms with Crippen molar-refractivity contribution in [2.24, 2.45) is 10.4 Å². The van der Waals surface area contributed by atoms with Gasteiger partial charge in [0.15, 0.2) is 17.7 Å². The number of nitriles is 1. The number of amides is 1. The molecular weight excluding hydrogens is 456 g/mol. The number of allylic oxidation sites excluding steroid dienone is 2. The molecule has 1 aliphatic carbocycles. The van der Waals surface area contributed by atoms with Crippen LogP contribution < -0.4 is 5.32 Å². The molecule has 1 aliphatic heterocycles. The van der Waals surface area contributed by atoms with Crippen LogP contribution in [0.3, 0.4) is 0 Å². The van der Waals surface area contributed by atoms with Crippen molar-refractivity contribution < 1.29 is 14.3 Å². The molecule has 188 valence electrons. The molecule has 2 aliphatic rings. The standard InChI is InChI=1S/C27H38N4O3Si/c1-19(32)21-7-8-23(20-9-11-27(2,3)12-10-20)24(15-21)30-26(33)25-29-22(16-28)17-31(25)18-34-13-14-35(4,5)6/h7-9,15,22H,10-14,17-18H2,1-6H3,(H,30,33). The number of nitrogens with zero attached hydrogens (tertiary/aromatic N) is 3. The molecule has 0 fully saturated rings. The minimum absolute atomic E-state index is 0.0639. The number of carbonyl (C=O) groups is 2. The van der Waals surface area contributed by atoms with E-state index in [9.17, 15) is 14.9 Å². The van der Waals surface area contributed by atoms with Gasteiger partial charge in [-0.05, 0) is 49.3 Å². The fourth-order valence-corrected chi connectivity index (χ4v) is 4.91. The predicted octanol–water partition coefficient (Wildman–Crippen LogP) is 5.34. The molecule has 1 aromatic rings. The molecule has 1 amide bonds. The Morgan fingerprint density at radius 2 is 2.06 bits per heavy atom. The summed E-state index contributed by atoms with van der Waals surface area (Å²) in [7, 11) is -1.23. The second-order valence-electron chi connectivity index (χ2n) is 11.5. The summed E-state index contributed by atoms with van der Waals surface area (Å²) < 4.78 is 5.84. The number of rotatable bonds is 9. The van der Waals surface area contributed by atoms with Crippen molar-refractivity contribution in [3.05, 3.63) is 35.4 Å². The van der Waals surface area contributed by atoms with E-state index < -0.39 is 20.0 Å². The summed E-state index contributed by atoms with van der Waals surface area (Å²) in [5, 5.41) is 12.4. The maximum Gasteiger partial charge on any atom is 0.291 e. The summed E-state index contributed by atoms with van der Waals surface area (Å²) in [6.07, 6.45) is 5.16. The number of Topliss-reactive ketones (excluding diaryl/α,β-unsaturated/α-hetero) is 1. The summed E-state index contributed by atoms with van der Waals surface area (Å²) in [5.41, 5.74) is 3.48. The third kappa shape index (κ3) is 7.36. The molecular formula is C27H38N4O3Si. The van der Waals surface area contributed by atoms with E-state index in [0.717, 1.165) is 30.9 Å². The lowest BCUT2D eigenvalue weighted by molar-refractivity contribution is -0.111. The molecule has 1 N–H and O–H groups in total. The third-order valence-corrected chi connectivity index (χ3v) is 8.26. The molecule has 0 saturated heterocycles. The number of hydrogen-bond donors (Lipinski definition) is 1. The van der Waals surface area contributed by atoms with E-state index in [1.165, 1.54) is 12.5 Å². The number of amidine groups is 1. The highest BCUT2D eigenvalue weighted by Gasteiger charge is 2.31. The molecule has 0 aromatic heterocycles. The normalized spacial score (nSPS) is 19.6. The van der Waals surface area contributed by atoms with Crippen LogP contribution in [-0.4, -0.2) is 56.4 Å². The molecule has 1 heterocycles. The van der Waals surface area contributed by atoms with Gasteiger partial charge >= 0.3 is 0 Å². The maximum atomic E-state index is 13.4. The van der Waals surface area contributed by atoms with Crippen LogP contribution in [0.2, 0.25) is 25.7 Å². The first-order chi connectivity index (χ1) is 16.4. The molecule has 0 radical (unpaired) electrons. The number of anilines is 1. The van der Waals surface area contributed by atoms with Crippen molar-refractivity contribution in [1.29, 1.82) is 5.26 Å². The Kier molecular flexibility index (Phi) is 8.34. The van der Waals surface area contributed by atoms with Crippen molar-refractivity contribution in [1.82, 2.24) is 4.90 Å². The summed E-state index contributed by atoms with van der Waals surface area (Å²) in [5.74, 6) is -0.260. The zero-order valence-electron chi connectivity index (χ0n) is 21.9. The number of nitrogens with one attached hydrogen (secondary N) is 1. The largest absolute Gasteiger partial charge is 0.361 e. The Labute approximate surface area is 210 Å². The highest BCUT2D eigenvalue weighted by molar-refractivity contribution is 6.76. The van der Waals surface area contributed by atoms with E-state index in [-0.39, 0.29) is 23.8 Å². The van der Waals surface area contributed by atoms with Gasteiger partial charge in [-0.15, -0.1) is 0 Å². The highest BCUT2D eigenvalue weighted by atomic mass is 28.3. The minimum atomic E-state index is -1.23. The summed E-state index contributed by atoms with van der Waals surface area (Å²) >= 11 is 0. The number of aliphatic imine (C=N–C) groups is 1. The molecule has 3 rings (SSSR count). The van der Waals surface area contributed by atoms with Crippen molar-refractivity contribution in [2.45, 2.75) is 71.8 Å². The summed E-state index contributed by atoms with van der Waals surface area (Å²) in [4.78, 5) is 31.5. The SMILES string of the molecule is CC(=O)c1ccc(C2=CCC(C)(C)CC2)c(NC(=O)C2=NC(C#N)CN2COCC[Si](C)(C)C)c1. The van der Waals surface area contributed by atoms with E-state index in [1.807, 2.05) is 12.1 Å². The molecule has 7 nitrogen and oxygen atoms in total. The topological polar surface area (TPSA) is 94.8 Å². The van der Waals surface area contributed by atoms with E-state index in [2.05, 4.69) is 55.9 Å². The van der Waals surface area contributed by atoms with Crippen LogP contribution in [0.1, 0.15) is 56.0 Å². The van der Waals surface area contributed by atoms with Gasteiger partial charge in [-0.2, -0.15) is 5.26 Å². The van der Waals surface area contributed by atoms with Gasteiger partial charge in [0.2, 0.25) is 0 Å². The lowest BCUT2D eigenvalue weighted by Gasteiger charge is -2.29. The first-order valence-corrected chi connectivity index (χ1v) is 16.1. The molecule has 35 heavy (non-hydrogen) atoms. The predicted molar refractivity (Wildman–Crippen MR) is 143 cm³/mol. The minimum Gasteiger partial charge on any atom is -0.361 e. The Bertz CT molecular complexity index is 1080. The lowest BCUT2D eigenvalue weighted by atomic mass is 9.77. The Morgan fingerprint density at radius 3 is 2.66 bits per heavy atom.